The number of likely N-dealkylation sites (tertiary alicyclic amines) is 1. The maximum atomic E-state index is 13.1. The first-order chi connectivity index (χ1) is 17.1. The van der Waals surface area contributed by atoms with Crippen LogP contribution in [0.3, 0.4) is 0 Å². The zero-order valence-electron chi connectivity index (χ0n) is 20.9. The minimum atomic E-state index is -5.08. The predicted octanol–water partition coefficient (Wildman–Crippen LogP) is 2.77. The molecule has 2 saturated heterocycles. The van der Waals surface area contributed by atoms with Crippen LogP contribution in [0.25, 0.3) is 0 Å². The van der Waals surface area contributed by atoms with Gasteiger partial charge in [-0.15, -0.1) is 0 Å². The van der Waals surface area contributed by atoms with Crippen molar-refractivity contribution < 1.29 is 32.7 Å². The van der Waals surface area contributed by atoms with Crippen molar-refractivity contribution in [3.8, 4) is 0 Å². The molecule has 0 spiro atoms. The van der Waals surface area contributed by atoms with E-state index in [0.29, 0.717) is 19.5 Å². The van der Waals surface area contributed by atoms with Crippen molar-refractivity contribution in [1.29, 1.82) is 0 Å². The number of carbonyl (C=O) groups excluding carboxylic acids is 2. The number of halogens is 3. The molecule has 0 aromatic heterocycles. The molecular formula is C25H37F3N4O4. The summed E-state index contributed by atoms with van der Waals surface area (Å²) < 4.78 is 31.7. The minimum absolute atomic E-state index is 0.0421. The summed E-state index contributed by atoms with van der Waals surface area (Å²) in [5.74, 6) is -2.56. The lowest BCUT2D eigenvalue weighted by atomic mass is 10.1. The van der Waals surface area contributed by atoms with Gasteiger partial charge in [-0.1, -0.05) is 24.1 Å². The van der Waals surface area contributed by atoms with Crippen LogP contribution in [0.2, 0.25) is 0 Å². The molecule has 1 aromatic rings. The number of carboxylic acid groups (broad SMARTS) is 1. The van der Waals surface area contributed by atoms with Crippen LogP contribution in [0.4, 0.5) is 13.2 Å². The molecule has 2 heterocycles. The Bertz CT molecular complexity index is 854. The molecule has 0 radical (unpaired) electrons. The molecule has 202 valence electrons. The van der Waals surface area contributed by atoms with Crippen LogP contribution in [0.5, 0.6) is 0 Å². The number of aliphatic carboxylic acids is 1. The summed E-state index contributed by atoms with van der Waals surface area (Å²) in [6.07, 6.45) is 0.180. The Hall–Kier alpha value is -2.66. The van der Waals surface area contributed by atoms with E-state index < -0.39 is 12.1 Å². The van der Waals surface area contributed by atoms with Crippen LogP contribution in [0.1, 0.15) is 48.0 Å². The molecule has 0 unspecified atom stereocenters. The summed E-state index contributed by atoms with van der Waals surface area (Å²) >= 11 is 0. The average Bonchev–Trinajstić information content (AvgIpc) is 2.86. The van der Waals surface area contributed by atoms with Gasteiger partial charge in [-0.3, -0.25) is 9.59 Å². The molecule has 0 aliphatic carbocycles. The van der Waals surface area contributed by atoms with E-state index in [1.807, 2.05) is 41.0 Å². The van der Waals surface area contributed by atoms with Gasteiger partial charge in [0.05, 0.1) is 0 Å². The number of aryl methyl sites for hydroxylation is 1. The summed E-state index contributed by atoms with van der Waals surface area (Å²) in [6.45, 7) is 9.82. The molecule has 2 N–H and O–H groups in total. The quantitative estimate of drug-likeness (QED) is 0.554. The average molecular weight is 515 g/mol. The van der Waals surface area contributed by atoms with E-state index in [9.17, 15) is 22.8 Å². The van der Waals surface area contributed by atoms with E-state index >= 15 is 0 Å². The number of piperidine rings is 1. The van der Waals surface area contributed by atoms with Gasteiger partial charge in [0.15, 0.2) is 0 Å². The van der Waals surface area contributed by atoms with Crippen LogP contribution in [0, 0.1) is 6.92 Å². The lowest BCUT2D eigenvalue weighted by Gasteiger charge is -2.30. The normalized spacial score (nSPS) is 16.6. The van der Waals surface area contributed by atoms with E-state index in [0.717, 1.165) is 50.3 Å². The van der Waals surface area contributed by atoms with Crippen LogP contribution in [-0.4, -0.2) is 103 Å². The number of carboxylic acids is 1. The van der Waals surface area contributed by atoms with Gasteiger partial charge in [-0.05, 0) is 58.0 Å². The van der Waals surface area contributed by atoms with E-state index in [2.05, 4.69) is 10.2 Å². The van der Waals surface area contributed by atoms with Gasteiger partial charge in [0.1, 0.15) is 0 Å². The van der Waals surface area contributed by atoms with Crippen LogP contribution < -0.4 is 5.32 Å². The standard InChI is InChI=1S/C23H36N4O2.C2HF3O2/c1-20-7-5-8-21(19-20)23(29)27(15-6-14-25-12-3-2-4-13-25)16-9-22(28)26-17-10-24-11-18-26;3-2(4,5)1(6)7/h5,7-8,19,24H,2-4,6,9-18H2,1H3;(H,6,7). The van der Waals surface area contributed by atoms with E-state index in [1.54, 1.807) is 0 Å². The third-order valence-electron chi connectivity index (χ3n) is 6.21. The topological polar surface area (TPSA) is 93.2 Å². The molecule has 36 heavy (non-hydrogen) atoms. The molecule has 8 nitrogen and oxygen atoms in total. The van der Waals surface area contributed by atoms with Crippen molar-refractivity contribution in [2.45, 2.75) is 45.2 Å². The van der Waals surface area contributed by atoms with Gasteiger partial charge >= 0.3 is 12.1 Å². The molecule has 2 aliphatic rings. The van der Waals surface area contributed by atoms with Crippen molar-refractivity contribution in [2.24, 2.45) is 0 Å². The second-order valence-electron chi connectivity index (χ2n) is 9.10. The summed E-state index contributed by atoms with van der Waals surface area (Å²) in [7, 11) is 0. The largest absolute Gasteiger partial charge is 0.490 e. The van der Waals surface area contributed by atoms with Crippen molar-refractivity contribution in [3.63, 3.8) is 0 Å². The molecule has 3 rings (SSSR count). The summed E-state index contributed by atoms with van der Waals surface area (Å²) in [5.41, 5.74) is 1.80. The minimum Gasteiger partial charge on any atom is -0.475 e. The second-order valence-corrected chi connectivity index (χ2v) is 9.10. The fourth-order valence-corrected chi connectivity index (χ4v) is 4.25. The van der Waals surface area contributed by atoms with Crippen LogP contribution >= 0.6 is 0 Å². The number of rotatable bonds is 8. The lowest BCUT2D eigenvalue weighted by Crippen LogP contribution is -2.47. The molecule has 2 fully saturated rings. The van der Waals surface area contributed by atoms with Gasteiger partial charge < -0.3 is 25.1 Å². The fraction of sp³-hybridized carbons (Fsp3) is 0.640. The maximum absolute atomic E-state index is 13.1. The maximum Gasteiger partial charge on any atom is 0.490 e. The number of nitrogens with one attached hydrogen (secondary N) is 1. The van der Waals surface area contributed by atoms with Crippen molar-refractivity contribution >= 4 is 17.8 Å². The number of hydrogen-bond donors (Lipinski definition) is 2. The Morgan fingerprint density at radius 3 is 2.25 bits per heavy atom. The third kappa shape index (κ3) is 10.5. The van der Waals surface area contributed by atoms with Crippen LogP contribution in [0.15, 0.2) is 24.3 Å². The van der Waals surface area contributed by atoms with E-state index in [-0.39, 0.29) is 11.8 Å². The number of amides is 2. The fourth-order valence-electron chi connectivity index (χ4n) is 4.25. The van der Waals surface area contributed by atoms with Crippen molar-refractivity contribution in [1.82, 2.24) is 20.0 Å². The molecule has 2 aliphatic heterocycles. The van der Waals surface area contributed by atoms with E-state index in [1.165, 1.54) is 32.4 Å². The monoisotopic (exact) mass is 514 g/mol. The molecular weight excluding hydrogens is 477 g/mol. The van der Waals surface area contributed by atoms with Gasteiger partial charge in [0.25, 0.3) is 5.91 Å². The third-order valence-corrected chi connectivity index (χ3v) is 6.21. The second kappa shape index (κ2) is 14.8. The number of benzene rings is 1. The zero-order valence-corrected chi connectivity index (χ0v) is 20.9. The number of nitrogens with zero attached hydrogens (tertiary/aromatic N) is 3. The lowest BCUT2D eigenvalue weighted by molar-refractivity contribution is -0.192. The van der Waals surface area contributed by atoms with Crippen molar-refractivity contribution in [2.75, 3.05) is 58.9 Å². The zero-order chi connectivity index (χ0) is 26.6. The first kappa shape index (κ1) is 29.6. The molecule has 0 atom stereocenters. The van der Waals surface area contributed by atoms with Crippen LogP contribution in [-0.2, 0) is 9.59 Å². The number of alkyl halides is 3. The highest BCUT2D eigenvalue weighted by molar-refractivity contribution is 5.94. The Labute approximate surface area is 210 Å². The highest BCUT2D eigenvalue weighted by Gasteiger charge is 2.38. The molecule has 2 amide bonds. The Balaban J connectivity index is 0.000000572. The highest BCUT2D eigenvalue weighted by atomic mass is 19.4. The Morgan fingerprint density at radius 2 is 1.67 bits per heavy atom. The van der Waals surface area contributed by atoms with Crippen molar-refractivity contribution in [3.05, 3.63) is 35.4 Å². The smallest absolute Gasteiger partial charge is 0.475 e. The molecule has 0 bridgehead atoms. The molecule has 11 heteroatoms. The first-order valence-corrected chi connectivity index (χ1v) is 12.4. The summed E-state index contributed by atoms with van der Waals surface area (Å²) in [6, 6.07) is 7.76. The van der Waals surface area contributed by atoms with Gasteiger partial charge in [0, 0.05) is 51.3 Å². The van der Waals surface area contributed by atoms with Gasteiger partial charge in [0.2, 0.25) is 5.91 Å². The summed E-state index contributed by atoms with van der Waals surface area (Å²) in [4.78, 5) is 40.9. The van der Waals surface area contributed by atoms with Gasteiger partial charge in [-0.2, -0.15) is 13.2 Å². The number of carbonyl (C=O) groups is 3. The highest BCUT2D eigenvalue weighted by Crippen LogP contribution is 2.14. The van der Waals surface area contributed by atoms with Gasteiger partial charge in [-0.25, -0.2) is 4.79 Å². The number of piperazine rings is 1. The summed E-state index contributed by atoms with van der Waals surface area (Å²) in [5, 5.41) is 10.4. The molecule has 1 aromatic carbocycles. The molecule has 0 saturated carbocycles. The first-order valence-electron chi connectivity index (χ1n) is 12.4. The van der Waals surface area contributed by atoms with E-state index in [4.69, 9.17) is 9.90 Å². The Morgan fingerprint density at radius 1 is 1.03 bits per heavy atom. The number of hydrogen-bond acceptors (Lipinski definition) is 5. The Kier molecular flexibility index (Phi) is 12.1. The SMILES string of the molecule is Cc1cccc(C(=O)N(CCCN2CCCCC2)CCC(=O)N2CCNCC2)c1.O=C(O)C(F)(F)F. The predicted molar refractivity (Wildman–Crippen MR) is 130 cm³/mol.